The van der Waals surface area contributed by atoms with E-state index in [1.807, 2.05) is 18.3 Å². The predicted molar refractivity (Wildman–Crippen MR) is 78.4 cm³/mol. The molecule has 0 amide bonds. The largest absolute Gasteiger partial charge is 0.361 e. The van der Waals surface area contributed by atoms with Crippen LogP contribution in [0, 0.1) is 4.51 Å². The summed E-state index contributed by atoms with van der Waals surface area (Å²) in [6.07, 6.45) is 2.85. The second-order valence-electron chi connectivity index (χ2n) is 4.38. The topological polar surface area (TPSA) is 15.8 Å². The van der Waals surface area contributed by atoms with Gasteiger partial charge in [-0.1, -0.05) is 54.7 Å². The average Bonchev–Trinajstić information content (AvgIpc) is 2.40. The second kappa shape index (κ2) is 4.75. The van der Waals surface area contributed by atoms with Crippen LogP contribution >= 0.6 is 12.2 Å². The van der Waals surface area contributed by atoms with Crippen LogP contribution in [0.25, 0.3) is 10.9 Å². The summed E-state index contributed by atoms with van der Waals surface area (Å²) in [6.45, 7) is 0. The van der Waals surface area contributed by atoms with Gasteiger partial charge in [-0.15, -0.1) is 0 Å². The van der Waals surface area contributed by atoms with Gasteiger partial charge in [0, 0.05) is 21.6 Å². The maximum atomic E-state index is 5.31. The molecule has 1 aromatic heterocycles. The maximum absolute atomic E-state index is 5.31. The summed E-state index contributed by atoms with van der Waals surface area (Å²) < 4.78 is 0.898. The lowest BCUT2D eigenvalue weighted by atomic mass is 10.0. The van der Waals surface area contributed by atoms with Crippen molar-refractivity contribution in [1.29, 1.82) is 0 Å². The van der Waals surface area contributed by atoms with Crippen LogP contribution in [0.5, 0.6) is 0 Å². The smallest absolute Gasteiger partial charge is 0.0484 e. The number of hydrogen-bond acceptors (Lipinski definition) is 1. The molecule has 0 unspecified atom stereocenters. The Morgan fingerprint density at radius 3 is 2.56 bits per heavy atom. The van der Waals surface area contributed by atoms with Crippen LogP contribution < -0.4 is 0 Å². The van der Waals surface area contributed by atoms with E-state index in [4.69, 9.17) is 12.2 Å². The normalized spacial score (nSPS) is 10.7. The molecular weight excluding hydrogens is 238 g/mol. The van der Waals surface area contributed by atoms with Crippen molar-refractivity contribution in [2.24, 2.45) is 0 Å². The molecule has 88 valence electrons. The van der Waals surface area contributed by atoms with Crippen molar-refractivity contribution in [3.05, 3.63) is 76.4 Å². The summed E-state index contributed by atoms with van der Waals surface area (Å²) in [5.74, 6) is 0. The quantitative estimate of drug-likeness (QED) is 0.664. The van der Waals surface area contributed by atoms with Gasteiger partial charge in [-0.3, -0.25) is 0 Å². The van der Waals surface area contributed by atoms with Gasteiger partial charge >= 0.3 is 0 Å². The zero-order valence-electron chi connectivity index (χ0n) is 9.89. The van der Waals surface area contributed by atoms with Gasteiger partial charge in [-0.2, -0.15) is 0 Å². The van der Waals surface area contributed by atoms with E-state index in [1.165, 1.54) is 11.1 Å². The minimum atomic E-state index is 0.898. The minimum Gasteiger partial charge on any atom is -0.361 e. The fourth-order valence-electron chi connectivity index (χ4n) is 2.16. The Hall–Kier alpha value is -1.93. The number of aromatic nitrogens is 1. The molecule has 0 saturated heterocycles. The molecule has 1 heterocycles. The van der Waals surface area contributed by atoms with Crippen LogP contribution in [-0.4, -0.2) is 4.98 Å². The van der Waals surface area contributed by atoms with Crippen molar-refractivity contribution in [3.8, 4) is 0 Å². The molecule has 0 fully saturated rings. The summed E-state index contributed by atoms with van der Waals surface area (Å²) in [5.41, 5.74) is 3.73. The highest BCUT2D eigenvalue weighted by Crippen LogP contribution is 2.17. The minimum absolute atomic E-state index is 0.898. The summed E-state index contributed by atoms with van der Waals surface area (Å²) in [7, 11) is 0. The van der Waals surface area contributed by atoms with Crippen molar-refractivity contribution in [2.45, 2.75) is 6.42 Å². The van der Waals surface area contributed by atoms with Gasteiger partial charge in [0.1, 0.15) is 0 Å². The van der Waals surface area contributed by atoms with Crippen LogP contribution in [0.1, 0.15) is 11.1 Å². The third kappa shape index (κ3) is 2.20. The highest BCUT2D eigenvalue weighted by atomic mass is 32.1. The van der Waals surface area contributed by atoms with Gasteiger partial charge in [-0.25, -0.2) is 0 Å². The van der Waals surface area contributed by atoms with Crippen LogP contribution in [0.2, 0.25) is 0 Å². The first kappa shape index (κ1) is 11.2. The Bertz CT molecular complexity index is 729. The molecule has 0 aliphatic carbocycles. The molecule has 3 rings (SSSR count). The third-order valence-corrected chi connectivity index (χ3v) is 3.43. The number of pyridine rings is 1. The first-order valence-electron chi connectivity index (χ1n) is 5.97. The summed E-state index contributed by atoms with van der Waals surface area (Å²) >= 11 is 5.31. The maximum Gasteiger partial charge on any atom is 0.0484 e. The molecule has 18 heavy (non-hydrogen) atoms. The summed E-state index contributed by atoms with van der Waals surface area (Å²) in [5, 5.41) is 1.12. The molecule has 0 spiro atoms. The second-order valence-corrected chi connectivity index (χ2v) is 4.82. The van der Waals surface area contributed by atoms with Gasteiger partial charge in [0.2, 0.25) is 0 Å². The fraction of sp³-hybridized carbons (Fsp3) is 0.0625. The molecule has 0 bridgehead atoms. The molecule has 0 radical (unpaired) electrons. The lowest BCUT2D eigenvalue weighted by Gasteiger charge is -2.04. The van der Waals surface area contributed by atoms with Crippen molar-refractivity contribution in [3.63, 3.8) is 0 Å². The molecule has 0 aliphatic heterocycles. The van der Waals surface area contributed by atoms with Crippen LogP contribution in [0.15, 0.2) is 60.8 Å². The number of nitrogens with one attached hydrogen (secondary N) is 1. The molecule has 2 heteroatoms. The standard InChI is InChI=1S/C16H13NS/c18-16-8-9-17-15-11-13(6-7-14(15)16)10-12-4-2-1-3-5-12/h1-9,11H,10H2,(H,17,18). The van der Waals surface area contributed by atoms with Crippen LogP contribution in [-0.2, 0) is 6.42 Å². The molecule has 0 aliphatic rings. The lowest BCUT2D eigenvalue weighted by molar-refractivity contribution is 1.19. The van der Waals surface area contributed by atoms with Gasteiger partial charge in [0.15, 0.2) is 0 Å². The predicted octanol–water partition coefficient (Wildman–Crippen LogP) is 4.49. The van der Waals surface area contributed by atoms with E-state index in [0.29, 0.717) is 0 Å². The molecule has 0 atom stereocenters. The van der Waals surface area contributed by atoms with Crippen molar-refractivity contribution >= 4 is 23.1 Å². The number of benzene rings is 2. The third-order valence-electron chi connectivity index (χ3n) is 3.07. The highest BCUT2D eigenvalue weighted by Gasteiger charge is 1.99. The first-order chi connectivity index (χ1) is 8.83. The van der Waals surface area contributed by atoms with E-state index in [-0.39, 0.29) is 0 Å². The molecular formula is C16H13NS. The Morgan fingerprint density at radius 1 is 0.889 bits per heavy atom. The number of H-pyrrole nitrogens is 1. The number of hydrogen-bond donors (Lipinski definition) is 1. The zero-order valence-corrected chi connectivity index (χ0v) is 10.7. The van der Waals surface area contributed by atoms with E-state index in [2.05, 4.69) is 47.4 Å². The molecule has 2 aromatic carbocycles. The van der Waals surface area contributed by atoms with Gasteiger partial charge in [0.25, 0.3) is 0 Å². The molecule has 0 saturated carbocycles. The van der Waals surface area contributed by atoms with E-state index in [1.54, 1.807) is 0 Å². The Kier molecular flexibility index (Phi) is 2.95. The number of rotatable bonds is 2. The molecule has 1 N–H and O–H groups in total. The number of aromatic amines is 1. The van der Waals surface area contributed by atoms with E-state index < -0.39 is 0 Å². The zero-order chi connectivity index (χ0) is 12.4. The fourth-order valence-corrected chi connectivity index (χ4v) is 2.41. The van der Waals surface area contributed by atoms with Gasteiger partial charge in [0.05, 0.1) is 0 Å². The summed E-state index contributed by atoms with van der Waals surface area (Å²) in [4.78, 5) is 3.25. The Balaban J connectivity index is 2.02. The molecule has 3 aromatic rings. The van der Waals surface area contributed by atoms with Gasteiger partial charge < -0.3 is 4.98 Å². The lowest BCUT2D eigenvalue weighted by Crippen LogP contribution is -1.89. The van der Waals surface area contributed by atoms with Gasteiger partial charge in [-0.05, 0) is 29.7 Å². The van der Waals surface area contributed by atoms with E-state index in [0.717, 1.165) is 21.8 Å². The van der Waals surface area contributed by atoms with Crippen LogP contribution in [0.4, 0.5) is 0 Å². The Labute approximate surface area is 111 Å². The monoisotopic (exact) mass is 251 g/mol. The Morgan fingerprint density at radius 2 is 1.72 bits per heavy atom. The van der Waals surface area contributed by atoms with Crippen molar-refractivity contribution in [2.75, 3.05) is 0 Å². The SMILES string of the molecule is S=c1cc[nH]c2cc(Cc3ccccc3)ccc12. The number of fused-ring (bicyclic) bond motifs is 1. The van der Waals surface area contributed by atoms with Crippen molar-refractivity contribution in [1.82, 2.24) is 4.98 Å². The van der Waals surface area contributed by atoms with E-state index in [9.17, 15) is 0 Å². The average molecular weight is 251 g/mol. The van der Waals surface area contributed by atoms with Crippen molar-refractivity contribution < 1.29 is 0 Å². The first-order valence-corrected chi connectivity index (χ1v) is 6.38. The molecule has 1 nitrogen and oxygen atoms in total. The van der Waals surface area contributed by atoms with Crippen LogP contribution in [0.3, 0.4) is 0 Å². The summed E-state index contributed by atoms with van der Waals surface area (Å²) in [6, 6.07) is 18.8. The van der Waals surface area contributed by atoms with E-state index >= 15 is 0 Å². The highest BCUT2D eigenvalue weighted by molar-refractivity contribution is 7.71.